The van der Waals surface area contributed by atoms with Crippen LogP contribution in [0.1, 0.15) is 11.3 Å². The maximum Gasteiger partial charge on any atom is 0.403 e. The molecule has 1 unspecified atom stereocenters. The van der Waals surface area contributed by atoms with E-state index in [0.717, 1.165) is 0 Å². The van der Waals surface area contributed by atoms with Crippen LogP contribution >= 0.6 is 11.6 Å². The van der Waals surface area contributed by atoms with E-state index < -0.39 is 12.2 Å². The summed E-state index contributed by atoms with van der Waals surface area (Å²) in [7, 11) is 1.57. The molecule has 0 bridgehead atoms. The van der Waals surface area contributed by atoms with Gasteiger partial charge in [-0.15, -0.1) is 0 Å². The summed E-state index contributed by atoms with van der Waals surface area (Å²) >= 11 is 5.79. The second-order valence-electron chi connectivity index (χ2n) is 3.33. The molecule has 0 saturated heterocycles. The van der Waals surface area contributed by atoms with Crippen molar-refractivity contribution >= 4 is 11.6 Å². The molecule has 1 heterocycles. The van der Waals surface area contributed by atoms with Gasteiger partial charge in [0, 0.05) is 19.0 Å². The number of nitrogens with two attached hydrogens (primary N) is 1. The third-order valence-corrected chi connectivity index (χ3v) is 2.59. The van der Waals surface area contributed by atoms with Crippen LogP contribution in [0.15, 0.2) is 0 Å². The zero-order valence-electron chi connectivity index (χ0n) is 8.27. The lowest BCUT2D eigenvalue weighted by Gasteiger charge is -2.15. The SMILES string of the molecule is Cc1nn(C)c(Cl)c1CC(N)C(F)(F)F. The molecule has 1 aromatic heterocycles. The summed E-state index contributed by atoms with van der Waals surface area (Å²) in [5, 5.41) is 4.11. The van der Waals surface area contributed by atoms with Gasteiger partial charge in [0.05, 0.1) is 5.69 Å². The predicted octanol–water partition coefficient (Wildman–Crippen LogP) is 1.81. The highest BCUT2D eigenvalue weighted by atomic mass is 35.5. The lowest BCUT2D eigenvalue weighted by Crippen LogP contribution is -2.39. The fourth-order valence-corrected chi connectivity index (χ4v) is 1.49. The van der Waals surface area contributed by atoms with Crippen molar-refractivity contribution in [1.29, 1.82) is 0 Å². The molecule has 0 saturated carbocycles. The highest BCUT2D eigenvalue weighted by molar-refractivity contribution is 6.30. The quantitative estimate of drug-likeness (QED) is 0.858. The molecular weight excluding hydrogens is 231 g/mol. The normalized spacial score (nSPS) is 14.3. The molecule has 15 heavy (non-hydrogen) atoms. The van der Waals surface area contributed by atoms with Gasteiger partial charge in [-0.25, -0.2) is 0 Å². The molecule has 1 atom stereocenters. The Bertz CT molecular complexity index is 359. The minimum Gasteiger partial charge on any atom is -0.320 e. The molecule has 0 radical (unpaired) electrons. The largest absolute Gasteiger partial charge is 0.403 e. The summed E-state index contributed by atoms with van der Waals surface area (Å²) in [6, 6.07) is -1.90. The van der Waals surface area contributed by atoms with Crippen LogP contribution < -0.4 is 5.73 Å². The van der Waals surface area contributed by atoms with Gasteiger partial charge in [0.2, 0.25) is 0 Å². The molecule has 7 heteroatoms. The molecular formula is C8H11ClF3N3. The van der Waals surface area contributed by atoms with Gasteiger partial charge in [0.1, 0.15) is 11.2 Å². The average molecular weight is 242 g/mol. The topological polar surface area (TPSA) is 43.8 Å². The third kappa shape index (κ3) is 2.63. The molecule has 0 aliphatic carbocycles. The highest BCUT2D eigenvalue weighted by Crippen LogP contribution is 2.26. The fraction of sp³-hybridized carbons (Fsp3) is 0.625. The Morgan fingerprint density at radius 1 is 1.53 bits per heavy atom. The van der Waals surface area contributed by atoms with Crippen molar-refractivity contribution in [2.24, 2.45) is 12.8 Å². The zero-order valence-corrected chi connectivity index (χ0v) is 9.02. The Morgan fingerprint density at radius 2 is 2.07 bits per heavy atom. The summed E-state index contributed by atoms with van der Waals surface area (Å²) < 4.78 is 38.0. The first-order valence-corrected chi connectivity index (χ1v) is 4.61. The van der Waals surface area contributed by atoms with Crippen molar-refractivity contribution in [3.05, 3.63) is 16.4 Å². The van der Waals surface area contributed by atoms with Gasteiger partial charge < -0.3 is 5.73 Å². The van der Waals surface area contributed by atoms with Gasteiger partial charge in [0.15, 0.2) is 0 Å². The second-order valence-corrected chi connectivity index (χ2v) is 3.69. The van der Waals surface area contributed by atoms with E-state index in [0.29, 0.717) is 11.3 Å². The number of aromatic nitrogens is 2. The van der Waals surface area contributed by atoms with Crippen molar-refractivity contribution in [2.75, 3.05) is 0 Å². The van der Waals surface area contributed by atoms with E-state index in [1.54, 1.807) is 14.0 Å². The predicted molar refractivity (Wildman–Crippen MR) is 50.7 cm³/mol. The van der Waals surface area contributed by atoms with E-state index in [1.165, 1.54) is 4.68 Å². The van der Waals surface area contributed by atoms with E-state index in [9.17, 15) is 13.2 Å². The van der Waals surface area contributed by atoms with Gasteiger partial charge in [-0.2, -0.15) is 18.3 Å². The Morgan fingerprint density at radius 3 is 2.40 bits per heavy atom. The monoisotopic (exact) mass is 241 g/mol. The molecule has 86 valence electrons. The van der Waals surface area contributed by atoms with Crippen LogP contribution in [-0.4, -0.2) is 22.0 Å². The minimum atomic E-state index is -4.41. The first kappa shape index (κ1) is 12.3. The van der Waals surface area contributed by atoms with Gasteiger partial charge >= 0.3 is 6.18 Å². The van der Waals surface area contributed by atoms with Gasteiger partial charge in [0.25, 0.3) is 0 Å². The summed E-state index contributed by atoms with van der Waals surface area (Å²) in [5.74, 6) is 0. The van der Waals surface area contributed by atoms with E-state index >= 15 is 0 Å². The smallest absolute Gasteiger partial charge is 0.320 e. The number of aryl methyl sites for hydroxylation is 2. The van der Waals surface area contributed by atoms with Crippen LogP contribution in [-0.2, 0) is 13.5 Å². The van der Waals surface area contributed by atoms with Gasteiger partial charge in [-0.05, 0) is 6.92 Å². The highest BCUT2D eigenvalue weighted by Gasteiger charge is 2.37. The van der Waals surface area contributed by atoms with Crippen LogP contribution in [0.4, 0.5) is 13.2 Å². The van der Waals surface area contributed by atoms with E-state index in [4.69, 9.17) is 17.3 Å². The second kappa shape index (κ2) is 4.02. The third-order valence-electron chi connectivity index (χ3n) is 2.11. The van der Waals surface area contributed by atoms with Crippen molar-refractivity contribution in [3.8, 4) is 0 Å². The summed E-state index contributed by atoms with van der Waals surface area (Å²) in [4.78, 5) is 0. The number of nitrogens with zero attached hydrogens (tertiary/aromatic N) is 2. The molecule has 0 fully saturated rings. The Labute approximate surface area is 90.0 Å². The average Bonchev–Trinajstić information content (AvgIpc) is 2.30. The van der Waals surface area contributed by atoms with Crippen molar-refractivity contribution in [1.82, 2.24) is 9.78 Å². The maximum atomic E-state index is 12.2. The summed E-state index contributed by atoms with van der Waals surface area (Å²) in [6.07, 6.45) is -4.76. The fourth-order valence-electron chi connectivity index (χ4n) is 1.24. The Kier molecular flexibility index (Phi) is 3.30. The molecule has 0 aliphatic rings. The van der Waals surface area contributed by atoms with Crippen molar-refractivity contribution in [3.63, 3.8) is 0 Å². The van der Waals surface area contributed by atoms with Crippen LogP contribution in [0.25, 0.3) is 0 Å². The van der Waals surface area contributed by atoms with Crippen molar-refractivity contribution < 1.29 is 13.2 Å². The van der Waals surface area contributed by atoms with E-state index in [1.807, 2.05) is 0 Å². The van der Waals surface area contributed by atoms with E-state index in [-0.39, 0.29) is 11.6 Å². The Hall–Kier alpha value is -0.750. The maximum absolute atomic E-state index is 12.2. The molecule has 1 aromatic rings. The van der Waals surface area contributed by atoms with Gasteiger partial charge in [-0.3, -0.25) is 4.68 Å². The molecule has 0 amide bonds. The number of hydrogen-bond donors (Lipinski definition) is 1. The number of halogens is 4. The van der Waals surface area contributed by atoms with Crippen LogP contribution in [0.5, 0.6) is 0 Å². The van der Waals surface area contributed by atoms with Gasteiger partial charge in [-0.1, -0.05) is 11.6 Å². The minimum absolute atomic E-state index is 0.201. The molecule has 2 N–H and O–H groups in total. The summed E-state index contributed by atoms with van der Waals surface area (Å²) in [5.41, 5.74) is 5.83. The molecule has 0 aromatic carbocycles. The van der Waals surface area contributed by atoms with Crippen LogP contribution in [0, 0.1) is 6.92 Å². The number of rotatable bonds is 2. The summed E-state index contributed by atoms with van der Waals surface area (Å²) in [6.45, 7) is 1.60. The molecule has 0 spiro atoms. The lowest BCUT2D eigenvalue weighted by molar-refractivity contribution is -0.147. The van der Waals surface area contributed by atoms with Crippen LogP contribution in [0.2, 0.25) is 5.15 Å². The first-order chi connectivity index (χ1) is 6.73. The zero-order chi connectivity index (χ0) is 11.8. The van der Waals surface area contributed by atoms with Crippen LogP contribution in [0.3, 0.4) is 0 Å². The first-order valence-electron chi connectivity index (χ1n) is 4.23. The number of alkyl halides is 3. The Balaban J connectivity index is 2.90. The number of hydrogen-bond acceptors (Lipinski definition) is 2. The lowest BCUT2D eigenvalue weighted by atomic mass is 10.1. The molecule has 0 aliphatic heterocycles. The molecule has 3 nitrogen and oxygen atoms in total. The standard InChI is InChI=1S/C8H11ClF3N3/c1-4-5(7(9)15(2)14-4)3-6(13)8(10,11)12/h6H,3,13H2,1-2H3. The van der Waals surface area contributed by atoms with Crippen molar-refractivity contribution in [2.45, 2.75) is 25.6 Å². The molecule has 1 rings (SSSR count). The van der Waals surface area contributed by atoms with E-state index in [2.05, 4.69) is 5.10 Å².